The van der Waals surface area contributed by atoms with Crippen molar-refractivity contribution in [1.82, 2.24) is 24.6 Å². The van der Waals surface area contributed by atoms with Gasteiger partial charge in [-0.25, -0.2) is 14.4 Å². The molecule has 1 aromatic carbocycles. The Morgan fingerprint density at radius 3 is 2.79 bits per heavy atom. The molecule has 0 atom stereocenters. The van der Waals surface area contributed by atoms with E-state index in [9.17, 15) is 4.39 Å². The van der Waals surface area contributed by atoms with Gasteiger partial charge in [-0.05, 0) is 24.3 Å². The Morgan fingerprint density at radius 2 is 1.95 bits per heavy atom. The van der Waals surface area contributed by atoms with Crippen molar-refractivity contribution in [3.63, 3.8) is 0 Å². The fourth-order valence-corrected chi connectivity index (χ4v) is 2.06. The summed E-state index contributed by atoms with van der Waals surface area (Å²) in [6.07, 6.45) is 3.39. The van der Waals surface area contributed by atoms with Crippen LogP contribution < -0.4 is 0 Å². The number of benzene rings is 1. The number of rotatable bonds is 1. The van der Waals surface area contributed by atoms with E-state index in [0.29, 0.717) is 11.5 Å². The minimum atomic E-state index is -0.268. The molecule has 0 radical (unpaired) electrons. The number of hydrogen-bond acceptors (Lipinski definition) is 3. The molecule has 0 aliphatic carbocycles. The Morgan fingerprint density at radius 1 is 1.11 bits per heavy atom. The zero-order chi connectivity index (χ0) is 12.8. The minimum Gasteiger partial charge on any atom is -0.335 e. The third-order valence-electron chi connectivity index (χ3n) is 2.98. The van der Waals surface area contributed by atoms with Gasteiger partial charge < -0.3 is 4.98 Å². The third kappa shape index (κ3) is 1.50. The van der Waals surface area contributed by atoms with Crippen molar-refractivity contribution in [3.05, 3.63) is 48.5 Å². The number of fused-ring (bicyclic) bond motifs is 3. The Labute approximate surface area is 106 Å². The minimum absolute atomic E-state index is 0.268. The second-order valence-electron chi connectivity index (χ2n) is 4.19. The van der Waals surface area contributed by atoms with Crippen molar-refractivity contribution >= 4 is 16.8 Å². The molecule has 0 aliphatic heterocycles. The molecular formula is C13H8FN5. The maximum Gasteiger partial charge on any atom is 0.183 e. The number of aromatic nitrogens is 5. The lowest BCUT2D eigenvalue weighted by Gasteiger charge is -1.94. The number of halogens is 1. The average molecular weight is 253 g/mol. The first-order chi connectivity index (χ1) is 9.31. The van der Waals surface area contributed by atoms with E-state index in [0.717, 1.165) is 16.7 Å². The lowest BCUT2D eigenvalue weighted by atomic mass is 10.2. The highest BCUT2D eigenvalue weighted by Gasteiger charge is 2.09. The Balaban J connectivity index is 1.98. The van der Waals surface area contributed by atoms with Crippen LogP contribution in [0.5, 0.6) is 0 Å². The predicted molar refractivity (Wildman–Crippen MR) is 68.0 cm³/mol. The molecule has 0 aliphatic rings. The van der Waals surface area contributed by atoms with Crippen molar-refractivity contribution in [2.45, 2.75) is 0 Å². The maximum atomic E-state index is 12.9. The monoisotopic (exact) mass is 253 g/mol. The lowest BCUT2D eigenvalue weighted by Crippen LogP contribution is -1.91. The second kappa shape index (κ2) is 3.61. The zero-order valence-corrected chi connectivity index (χ0v) is 9.71. The first-order valence-corrected chi connectivity index (χ1v) is 5.76. The van der Waals surface area contributed by atoms with Crippen LogP contribution in [-0.2, 0) is 0 Å². The van der Waals surface area contributed by atoms with Crippen LogP contribution in [0.1, 0.15) is 0 Å². The van der Waals surface area contributed by atoms with Crippen molar-refractivity contribution in [1.29, 1.82) is 0 Å². The van der Waals surface area contributed by atoms with Crippen molar-refractivity contribution in [2.75, 3.05) is 0 Å². The number of nitrogens with zero attached hydrogens (tertiary/aromatic N) is 4. The molecule has 0 bridgehead atoms. The van der Waals surface area contributed by atoms with Crippen molar-refractivity contribution in [2.24, 2.45) is 0 Å². The molecule has 0 amide bonds. The summed E-state index contributed by atoms with van der Waals surface area (Å²) in [5.41, 5.74) is 3.05. The van der Waals surface area contributed by atoms with Gasteiger partial charge in [0.1, 0.15) is 17.2 Å². The molecule has 4 rings (SSSR count). The molecule has 5 nitrogen and oxygen atoms in total. The van der Waals surface area contributed by atoms with Gasteiger partial charge in [-0.3, -0.25) is 0 Å². The molecule has 0 unspecified atom stereocenters. The molecule has 3 heterocycles. The summed E-state index contributed by atoms with van der Waals surface area (Å²) in [5.74, 6) is 0.399. The molecule has 4 aromatic rings. The standard InChI is InChI=1S/C13H8FN5/c14-9-3-1-8(2-4-9)12-17-10-7-15-11-5-6-16-19(11)13(10)18-12/h1-7H,(H,17,18). The molecule has 6 heteroatoms. The highest BCUT2D eigenvalue weighted by atomic mass is 19.1. The highest BCUT2D eigenvalue weighted by Crippen LogP contribution is 2.20. The molecule has 1 N–H and O–H groups in total. The van der Waals surface area contributed by atoms with E-state index in [1.165, 1.54) is 12.1 Å². The number of hydrogen-bond donors (Lipinski definition) is 1. The second-order valence-corrected chi connectivity index (χ2v) is 4.19. The first kappa shape index (κ1) is 10.2. The number of imidazole rings is 1. The van der Waals surface area contributed by atoms with Crippen LogP contribution in [0.3, 0.4) is 0 Å². The van der Waals surface area contributed by atoms with Gasteiger partial charge >= 0.3 is 0 Å². The van der Waals surface area contributed by atoms with E-state index >= 15 is 0 Å². The fourth-order valence-electron chi connectivity index (χ4n) is 2.06. The molecule has 0 fully saturated rings. The SMILES string of the molecule is Fc1ccc(-c2nc3c(cnc4ccnn43)[nH]2)cc1. The average Bonchev–Trinajstić information content (AvgIpc) is 3.04. The Kier molecular flexibility index (Phi) is 1.94. The van der Waals surface area contributed by atoms with E-state index in [4.69, 9.17) is 0 Å². The van der Waals surface area contributed by atoms with Crippen molar-refractivity contribution in [3.8, 4) is 11.4 Å². The van der Waals surface area contributed by atoms with E-state index in [-0.39, 0.29) is 5.82 Å². The van der Waals surface area contributed by atoms with Gasteiger partial charge in [0.2, 0.25) is 0 Å². The molecule has 0 saturated heterocycles. The lowest BCUT2D eigenvalue weighted by molar-refractivity contribution is 0.628. The third-order valence-corrected chi connectivity index (χ3v) is 2.98. The summed E-state index contributed by atoms with van der Waals surface area (Å²) in [6, 6.07) is 7.99. The topological polar surface area (TPSA) is 58.9 Å². The maximum absolute atomic E-state index is 12.9. The summed E-state index contributed by atoms with van der Waals surface area (Å²) >= 11 is 0. The molecule has 3 aromatic heterocycles. The van der Waals surface area contributed by atoms with Gasteiger partial charge in [0.15, 0.2) is 11.3 Å². The number of nitrogens with one attached hydrogen (secondary N) is 1. The van der Waals surface area contributed by atoms with E-state index < -0.39 is 0 Å². The quantitative estimate of drug-likeness (QED) is 0.566. The van der Waals surface area contributed by atoms with Crippen LogP contribution in [0, 0.1) is 5.82 Å². The molecule has 0 spiro atoms. The van der Waals surface area contributed by atoms with Gasteiger partial charge in [-0.15, -0.1) is 0 Å². The molecular weight excluding hydrogens is 245 g/mol. The molecule has 19 heavy (non-hydrogen) atoms. The normalized spacial score (nSPS) is 11.4. The fraction of sp³-hybridized carbons (Fsp3) is 0. The van der Waals surface area contributed by atoms with Crippen LogP contribution >= 0.6 is 0 Å². The van der Waals surface area contributed by atoms with Crippen LogP contribution in [0.15, 0.2) is 42.7 Å². The largest absolute Gasteiger partial charge is 0.335 e. The van der Waals surface area contributed by atoms with Gasteiger partial charge in [-0.2, -0.15) is 9.61 Å². The van der Waals surface area contributed by atoms with Gasteiger partial charge in [-0.1, -0.05) is 0 Å². The van der Waals surface area contributed by atoms with Crippen LogP contribution in [0.4, 0.5) is 4.39 Å². The van der Waals surface area contributed by atoms with Gasteiger partial charge in [0.25, 0.3) is 0 Å². The Hall–Kier alpha value is -2.76. The van der Waals surface area contributed by atoms with Crippen LogP contribution in [0.25, 0.3) is 28.2 Å². The molecule has 0 saturated carbocycles. The van der Waals surface area contributed by atoms with E-state index in [1.54, 1.807) is 29.0 Å². The summed E-state index contributed by atoms with van der Waals surface area (Å²) in [4.78, 5) is 11.9. The van der Waals surface area contributed by atoms with Crippen LogP contribution in [0.2, 0.25) is 0 Å². The molecule has 92 valence electrons. The number of aromatic amines is 1. The summed E-state index contributed by atoms with van der Waals surface area (Å²) in [5, 5.41) is 4.18. The summed E-state index contributed by atoms with van der Waals surface area (Å²) in [6.45, 7) is 0. The summed E-state index contributed by atoms with van der Waals surface area (Å²) in [7, 11) is 0. The van der Waals surface area contributed by atoms with E-state index in [1.807, 2.05) is 6.07 Å². The summed E-state index contributed by atoms with van der Waals surface area (Å²) < 4.78 is 14.6. The smallest absolute Gasteiger partial charge is 0.183 e. The highest BCUT2D eigenvalue weighted by molar-refractivity contribution is 5.77. The number of H-pyrrole nitrogens is 1. The zero-order valence-electron chi connectivity index (χ0n) is 9.71. The van der Waals surface area contributed by atoms with Crippen molar-refractivity contribution < 1.29 is 4.39 Å². The first-order valence-electron chi connectivity index (χ1n) is 5.76. The van der Waals surface area contributed by atoms with Crippen LogP contribution in [-0.4, -0.2) is 24.6 Å². The predicted octanol–water partition coefficient (Wildman–Crippen LogP) is 2.41. The van der Waals surface area contributed by atoms with Gasteiger partial charge in [0.05, 0.1) is 12.4 Å². The van der Waals surface area contributed by atoms with Gasteiger partial charge in [0, 0.05) is 11.6 Å². The van der Waals surface area contributed by atoms with E-state index in [2.05, 4.69) is 20.1 Å². The Bertz CT molecular complexity index is 875.